The molecule has 0 aliphatic heterocycles. The van der Waals surface area contributed by atoms with Gasteiger partial charge in [-0.1, -0.05) is 26.0 Å². The van der Waals surface area contributed by atoms with Crippen molar-refractivity contribution >= 4 is 29.7 Å². The Balaban J connectivity index is 2.98. The Morgan fingerprint density at radius 2 is 1.47 bits per heavy atom. The minimum absolute atomic E-state index is 0.00361. The number of nitrogens with two attached hydrogens (primary N) is 3. The number of carboxylic acid groups (broad SMARTS) is 1. The van der Waals surface area contributed by atoms with E-state index in [-0.39, 0.29) is 43.4 Å². The number of carbonyl (C=O) groups excluding carboxylic acids is 3. The Hall–Kier alpha value is -3.91. The molecule has 0 radical (unpaired) electrons. The lowest BCUT2D eigenvalue weighted by molar-refractivity contribution is -0.142. The van der Waals surface area contributed by atoms with Crippen LogP contribution in [-0.4, -0.2) is 82.3 Å². The highest BCUT2D eigenvalue weighted by Gasteiger charge is 2.30. The molecule has 0 spiro atoms. The Labute approximate surface area is 221 Å². The van der Waals surface area contributed by atoms with E-state index < -0.39 is 54.5 Å². The van der Waals surface area contributed by atoms with Gasteiger partial charge in [0.15, 0.2) is 5.96 Å². The van der Waals surface area contributed by atoms with Gasteiger partial charge >= 0.3 is 5.97 Å². The maximum absolute atomic E-state index is 13.0. The van der Waals surface area contributed by atoms with E-state index in [2.05, 4.69) is 20.9 Å². The molecule has 0 bridgehead atoms. The average Bonchev–Trinajstić information content (AvgIpc) is 2.84. The van der Waals surface area contributed by atoms with Crippen LogP contribution in [0.5, 0.6) is 5.75 Å². The number of benzene rings is 1. The summed E-state index contributed by atoms with van der Waals surface area (Å²) in [4.78, 5) is 53.9. The summed E-state index contributed by atoms with van der Waals surface area (Å²) in [5.41, 5.74) is 17.0. The number of aliphatic carboxylic acids is 1. The van der Waals surface area contributed by atoms with Gasteiger partial charge in [-0.2, -0.15) is 0 Å². The number of carboxylic acids is 1. The molecule has 38 heavy (non-hydrogen) atoms. The molecular weight excluding hydrogens is 498 g/mol. The van der Waals surface area contributed by atoms with Crippen LogP contribution in [0.2, 0.25) is 0 Å². The number of nitrogens with zero attached hydrogens (tertiary/aromatic N) is 1. The van der Waals surface area contributed by atoms with E-state index in [4.69, 9.17) is 17.2 Å². The zero-order valence-corrected chi connectivity index (χ0v) is 21.6. The number of aromatic hydroxyl groups is 1. The number of rotatable bonds is 16. The third kappa shape index (κ3) is 11.9. The summed E-state index contributed by atoms with van der Waals surface area (Å²) in [6.45, 7) is 3.14. The molecule has 1 aromatic carbocycles. The van der Waals surface area contributed by atoms with Crippen molar-refractivity contribution in [1.82, 2.24) is 16.0 Å². The van der Waals surface area contributed by atoms with E-state index in [1.807, 2.05) is 13.8 Å². The first-order valence-electron chi connectivity index (χ1n) is 12.2. The van der Waals surface area contributed by atoms with Gasteiger partial charge in [0.05, 0.1) is 12.6 Å². The van der Waals surface area contributed by atoms with E-state index in [1.165, 1.54) is 24.3 Å². The molecule has 4 atom stereocenters. The van der Waals surface area contributed by atoms with E-state index in [1.54, 1.807) is 0 Å². The molecule has 12 N–H and O–H groups in total. The van der Waals surface area contributed by atoms with Gasteiger partial charge in [-0.15, -0.1) is 0 Å². The van der Waals surface area contributed by atoms with Crippen LogP contribution >= 0.6 is 0 Å². The van der Waals surface area contributed by atoms with Gasteiger partial charge in [0, 0.05) is 13.0 Å². The summed E-state index contributed by atoms with van der Waals surface area (Å²) in [5.74, 6) is -3.63. The van der Waals surface area contributed by atoms with Crippen LogP contribution < -0.4 is 33.2 Å². The van der Waals surface area contributed by atoms with Crippen LogP contribution in [0.25, 0.3) is 0 Å². The second kappa shape index (κ2) is 16.0. The smallest absolute Gasteiger partial charge is 0.326 e. The molecule has 0 fully saturated rings. The first-order valence-corrected chi connectivity index (χ1v) is 12.2. The topological polar surface area (TPSA) is 255 Å². The molecule has 1 aromatic rings. The lowest BCUT2D eigenvalue weighted by atomic mass is 10.0. The first kappa shape index (κ1) is 32.1. The predicted molar refractivity (Wildman–Crippen MR) is 140 cm³/mol. The molecular formula is C24H39N7O7. The molecule has 4 unspecified atom stereocenters. The van der Waals surface area contributed by atoms with Crippen LogP contribution in [0.1, 0.15) is 38.7 Å². The van der Waals surface area contributed by atoms with E-state index >= 15 is 0 Å². The Kier molecular flexibility index (Phi) is 13.6. The van der Waals surface area contributed by atoms with Crippen molar-refractivity contribution in [3.63, 3.8) is 0 Å². The average molecular weight is 538 g/mol. The van der Waals surface area contributed by atoms with Gasteiger partial charge in [0.2, 0.25) is 17.7 Å². The maximum atomic E-state index is 13.0. The maximum Gasteiger partial charge on any atom is 0.326 e. The number of phenols is 1. The zero-order valence-electron chi connectivity index (χ0n) is 21.6. The molecule has 0 aliphatic carbocycles. The SMILES string of the molecule is CC(C)CC(N)C(=O)NC(CO)C(=O)NC(CCCN=C(N)N)C(=O)NC(Cc1ccc(O)cc1)C(=O)O. The zero-order chi connectivity index (χ0) is 28.8. The largest absolute Gasteiger partial charge is 0.508 e. The molecule has 0 aromatic heterocycles. The molecule has 1 rings (SSSR count). The van der Waals surface area contributed by atoms with Crippen LogP contribution in [0, 0.1) is 5.92 Å². The first-order chi connectivity index (χ1) is 17.8. The number of hydrogen-bond donors (Lipinski definition) is 9. The number of aliphatic hydroxyl groups excluding tert-OH is 1. The number of guanidine groups is 1. The fourth-order valence-electron chi connectivity index (χ4n) is 3.47. The molecule has 0 aliphatic rings. The van der Waals surface area contributed by atoms with Crippen LogP contribution in [0.15, 0.2) is 29.3 Å². The molecule has 14 heteroatoms. The number of nitrogens with one attached hydrogen (secondary N) is 3. The number of aliphatic imine (C=N–C) groups is 1. The van der Waals surface area contributed by atoms with Crippen molar-refractivity contribution in [2.45, 2.75) is 63.7 Å². The van der Waals surface area contributed by atoms with Gasteiger partial charge in [-0.25, -0.2) is 4.79 Å². The predicted octanol–water partition coefficient (Wildman–Crippen LogP) is -2.11. The number of carbonyl (C=O) groups is 4. The second-order valence-corrected chi connectivity index (χ2v) is 9.26. The van der Waals surface area contributed by atoms with Gasteiger partial charge in [0.25, 0.3) is 0 Å². The molecule has 212 valence electrons. The van der Waals surface area contributed by atoms with Crippen LogP contribution in [-0.2, 0) is 25.6 Å². The number of aliphatic hydroxyl groups is 1. The number of amides is 3. The van der Waals surface area contributed by atoms with E-state index in [0.717, 1.165) is 0 Å². The molecule has 3 amide bonds. The lowest BCUT2D eigenvalue weighted by Crippen LogP contribution is -2.58. The summed E-state index contributed by atoms with van der Waals surface area (Å²) in [6, 6.07) is 0.959. The van der Waals surface area contributed by atoms with Crippen LogP contribution in [0.4, 0.5) is 0 Å². The quantitative estimate of drug-likeness (QED) is 0.0630. The van der Waals surface area contributed by atoms with Crippen molar-refractivity contribution in [1.29, 1.82) is 0 Å². The molecule has 14 nitrogen and oxygen atoms in total. The summed E-state index contributed by atoms with van der Waals surface area (Å²) in [5, 5.41) is 36.0. The monoisotopic (exact) mass is 537 g/mol. The number of hydrogen-bond acceptors (Lipinski definition) is 8. The minimum Gasteiger partial charge on any atom is -0.508 e. The van der Waals surface area contributed by atoms with Crippen molar-refractivity contribution in [3.05, 3.63) is 29.8 Å². The summed E-state index contributed by atoms with van der Waals surface area (Å²) >= 11 is 0. The van der Waals surface area contributed by atoms with Crippen molar-refractivity contribution in [2.24, 2.45) is 28.1 Å². The third-order valence-corrected chi connectivity index (χ3v) is 5.45. The van der Waals surface area contributed by atoms with E-state index in [9.17, 15) is 34.5 Å². The van der Waals surface area contributed by atoms with Crippen molar-refractivity contribution in [2.75, 3.05) is 13.2 Å². The third-order valence-electron chi connectivity index (χ3n) is 5.45. The summed E-state index contributed by atoms with van der Waals surface area (Å²) in [6.07, 6.45) is 0.554. The fraction of sp³-hybridized carbons (Fsp3) is 0.542. The number of phenolic OH excluding ortho intramolecular Hbond substituents is 1. The normalized spacial score (nSPS) is 14.0. The Bertz CT molecular complexity index is 965. The van der Waals surface area contributed by atoms with Gasteiger partial charge in [-0.3, -0.25) is 19.4 Å². The highest BCUT2D eigenvalue weighted by Crippen LogP contribution is 2.12. The highest BCUT2D eigenvalue weighted by molar-refractivity contribution is 5.94. The fourth-order valence-corrected chi connectivity index (χ4v) is 3.47. The van der Waals surface area contributed by atoms with Gasteiger partial charge in [-0.05, 0) is 42.9 Å². The Morgan fingerprint density at radius 3 is 2.00 bits per heavy atom. The Morgan fingerprint density at radius 1 is 0.921 bits per heavy atom. The molecule has 0 heterocycles. The highest BCUT2D eigenvalue weighted by atomic mass is 16.4. The van der Waals surface area contributed by atoms with Crippen molar-refractivity contribution < 1.29 is 34.5 Å². The van der Waals surface area contributed by atoms with Gasteiger partial charge < -0.3 is 48.5 Å². The summed E-state index contributed by atoms with van der Waals surface area (Å²) in [7, 11) is 0. The summed E-state index contributed by atoms with van der Waals surface area (Å²) < 4.78 is 0. The lowest BCUT2D eigenvalue weighted by Gasteiger charge is -2.24. The van der Waals surface area contributed by atoms with Crippen molar-refractivity contribution in [3.8, 4) is 5.75 Å². The second-order valence-electron chi connectivity index (χ2n) is 9.26. The minimum atomic E-state index is -1.39. The van der Waals surface area contributed by atoms with Gasteiger partial charge in [0.1, 0.15) is 23.9 Å². The molecule has 0 saturated heterocycles. The molecule has 0 saturated carbocycles. The van der Waals surface area contributed by atoms with E-state index in [0.29, 0.717) is 12.0 Å². The standard InChI is InChI=1S/C24H39N7O7/c1-13(2)10-16(25)20(34)31-19(12-32)22(36)29-17(4-3-9-28-24(26)27)21(35)30-18(23(37)38)11-14-5-7-15(33)8-6-14/h5-8,13,16-19,32-33H,3-4,9-12,25H2,1-2H3,(H,29,36)(H,30,35)(H,31,34)(H,37,38)(H4,26,27,28). The van der Waals surface area contributed by atoms with Crippen LogP contribution in [0.3, 0.4) is 0 Å².